The van der Waals surface area contributed by atoms with Crippen LogP contribution in [0, 0.1) is 11.7 Å². The minimum absolute atomic E-state index is 0.0106. The molecule has 2 N–H and O–H groups in total. The van der Waals surface area contributed by atoms with E-state index in [-0.39, 0.29) is 28.2 Å². The number of hydrogen-bond acceptors (Lipinski definition) is 4. The summed E-state index contributed by atoms with van der Waals surface area (Å²) in [6, 6.07) is 3.12. The third-order valence-corrected chi connectivity index (χ3v) is 4.91. The van der Waals surface area contributed by atoms with E-state index in [1.54, 1.807) is 13.0 Å². The van der Waals surface area contributed by atoms with Gasteiger partial charge in [-0.25, -0.2) is 4.39 Å². The van der Waals surface area contributed by atoms with Crippen molar-refractivity contribution in [2.75, 3.05) is 26.2 Å². The van der Waals surface area contributed by atoms with Gasteiger partial charge in [0.05, 0.1) is 23.2 Å². The van der Waals surface area contributed by atoms with Crippen LogP contribution in [0.5, 0.6) is 5.75 Å². The Morgan fingerprint density at radius 1 is 1.48 bits per heavy atom. The number of rotatable bonds is 4. The molecule has 0 saturated carbocycles. The number of nitrogens with zero attached hydrogens (tertiary/aromatic N) is 2. The first-order valence-electron chi connectivity index (χ1n) is 7.95. The van der Waals surface area contributed by atoms with Gasteiger partial charge in [0, 0.05) is 6.54 Å². The molecule has 126 valence electrons. The molecule has 0 radical (unpaired) electrons. The molecular weight excluding hydrogens is 321 g/mol. The number of aliphatic imine (C=N–C) groups is 1. The lowest BCUT2D eigenvalue weighted by atomic mass is 9.84. The van der Waals surface area contributed by atoms with E-state index in [4.69, 9.17) is 16.3 Å². The van der Waals surface area contributed by atoms with Crippen molar-refractivity contribution in [1.29, 1.82) is 0 Å². The molecule has 7 heteroatoms. The molecule has 3 fully saturated rings. The monoisotopic (exact) mass is 341 g/mol. The third kappa shape index (κ3) is 3.29. The van der Waals surface area contributed by atoms with Crippen molar-refractivity contribution in [3.05, 3.63) is 28.5 Å². The van der Waals surface area contributed by atoms with Gasteiger partial charge in [-0.05, 0) is 50.9 Å². The minimum Gasteiger partial charge on any atom is -0.489 e. The van der Waals surface area contributed by atoms with E-state index in [0.29, 0.717) is 12.5 Å². The van der Waals surface area contributed by atoms with Gasteiger partial charge in [-0.3, -0.25) is 15.7 Å². The van der Waals surface area contributed by atoms with Crippen molar-refractivity contribution in [3.63, 3.8) is 0 Å². The number of hydrogen-bond donors (Lipinski definition) is 2. The molecule has 0 aromatic heterocycles. The second-order valence-electron chi connectivity index (χ2n) is 5.97. The average molecular weight is 342 g/mol. The number of fused-ring (bicyclic) bond motifs is 3. The van der Waals surface area contributed by atoms with Gasteiger partial charge in [-0.15, -0.1) is 0 Å². The lowest BCUT2D eigenvalue weighted by Gasteiger charge is -2.43. The van der Waals surface area contributed by atoms with Crippen LogP contribution >= 0.6 is 11.6 Å². The van der Waals surface area contributed by atoms with E-state index >= 15 is 0 Å². The molecule has 0 spiro atoms. The first-order valence-corrected chi connectivity index (χ1v) is 8.33. The Labute approximate surface area is 140 Å². The zero-order valence-electron chi connectivity index (χ0n) is 13.1. The molecule has 0 amide bonds. The second kappa shape index (κ2) is 7.03. The first kappa shape index (κ1) is 16.5. The van der Waals surface area contributed by atoms with E-state index < -0.39 is 5.82 Å². The number of amidine groups is 1. The van der Waals surface area contributed by atoms with Crippen molar-refractivity contribution in [1.82, 2.24) is 10.4 Å². The number of ether oxygens (including phenoxy) is 1. The van der Waals surface area contributed by atoms with Crippen molar-refractivity contribution < 1.29 is 14.3 Å². The van der Waals surface area contributed by atoms with Gasteiger partial charge in [-0.2, -0.15) is 0 Å². The van der Waals surface area contributed by atoms with Crippen LogP contribution in [0.2, 0.25) is 5.02 Å². The number of hydroxylamine groups is 1. The van der Waals surface area contributed by atoms with Crippen LogP contribution in [0.3, 0.4) is 0 Å². The molecule has 23 heavy (non-hydrogen) atoms. The van der Waals surface area contributed by atoms with Crippen LogP contribution in [-0.2, 0) is 0 Å². The Balaban J connectivity index is 1.92. The molecule has 2 bridgehead atoms. The lowest BCUT2D eigenvalue weighted by molar-refractivity contribution is 0.0898. The maximum Gasteiger partial charge on any atom is 0.177 e. The quantitative estimate of drug-likeness (QED) is 0.502. The van der Waals surface area contributed by atoms with Crippen molar-refractivity contribution in [2.45, 2.75) is 25.8 Å². The number of piperidine rings is 3. The Hall–Kier alpha value is -1.37. The summed E-state index contributed by atoms with van der Waals surface area (Å²) in [4.78, 5) is 6.93. The summed E-state index contributed by atoms with van der Waals surface area (Å²) in [6.07, 6.45) is 2.19. The molecule has 1 aromatic carbocycles. The molecule has 3 heterocycles. The Morgan fingerprint density at radius 2 is 2.22 bits per heavy atom. The highest BCUT2D eigenvalue weighted by Gasteiger charge is 2.34. The molecule has 3 aliphatic rings. The van der Waals surface area contributed by atoms with Crippen LogP contribution in [0.15, 0.2) is 17.1 Å². The normalized spacial score (nSPS) is 27.1. The SMILES string of the molecule is CCOc1c(Cl)ccc(C(=N[C@H]2CN3CCC2CC3)NO)c1F. The Bertz CT molecular complexity index is 603. The molecule has 3 aliphatic heterocycles. The molecule has 1 aromatic rings. The first-order chi connectivity index (χ1) is 11.1. The highest BCUT2D eigenvalue weighted by atomic mass is 35.5. The van der Waals surface area contributed by atoms with Gasteiger partial charge < -0.3 is 9.64 Å². The standard InChI is InChI=1S/C16H21ClFN3O2/c1-2-23-15-12(17)4-3-11(14(15)18)16(20-22)19-13-9-21-7-5-10(13)6-8-21/h3-4,10,13,22H,2,5-9H2,1H3,(H,19,20)/t13-/m0/s1. The summed E-state index contributed by atoms with van der Waals surface area (Å²) in [5.74, 6) is -0.00611. The highest BCUT2D eigenvalue weighted by Crippen LogP contribution is 2.32. The smallest absolute Gasteiger partial charge is 0.177 e. The molecular formula is C16H21ClFN3O2. The van der Waals surface area contributed by atoms with Gasteiger partial charge >= 0.3 is 0 Å². The summed E-state index contributed by atoms with van der Waals surface area (Å²) in [7, 11) is 0. The predicted octanol–water partition coefficient (Wildman–Crippen LogP) is 2.70. The van der Waals surface area contributed by atoms with Gasteiger partial charge in [0.25, 0.3) is 0 Å². The Kier molecular flexibility index (Phi) is 5.04. The van der Waals surface area contributed by atoms with E-state index in [2.05, 4.69) is 9.89 Å². The summed E-state index contributed by atoms with van der Waals surface area (Å²) in [5.41, 5.74) is 2.21. The second-order valence-corrected chi connectivity index (χ2v) is 6.37. The maximum atomic E-state index is 14.6. The zero-order chi connectivity index (χ0) is 16.4. The minimum atomic E-state index is -0.610. The van der Waals surface area contributed by atoms with Crippen LogP contribution in [-0.4, -0.2) is 48.2 Å². The molecule has 3 saturated heterocycles. The van der Waals surface area contributed by atoms with Gasteiger partial charge in [-0.1, -0.05) is 11.6 Å². The number of halogens is 2. The summed E-state index contributed by atoms with van der Waals surface area (Å²) >= 11 is 5.98. The average Bonchev–Trinajstić information content (AvgIpc) is 2.58. The van der Waals surface area contributed by atoms with E-state index in [9.17, 15) is 9.60 Å². The largest absolute Gasteiger partial charge is 0.489 e. The van der Waals surface area contributed by atoms with Crippen LogP contribution in [0.1, 0.15) is 25.3 Å². The van der Waals surface area contributed by atoms with Crippen molar-refractivity contribution in [2.24, 2.45) is 10.9 Å². The van der Waals surface area contributed by atoms with E-state index in [1.165, 1.54) is 6.07 Å². The fourth-order valence-electron chi connectivity index (χ4n) is 3.40. The van der Waals surface area contributed by atoms with Crippen LogP contribution in [0.25, 0.3) is 0 Å². The molecule has 0 unspecified atom stereocenters. The fourth-order valence-corrected chi connectivity index (χ4v) is 3.60. The molecule has 5 nitrogen and oxygen atoms in total. The van der Waals surface area contributed by atoms with Crippen molar-refractivity contribution in [3.8, 4) is 5.75 Å². The maximum absolute atomic E-state index is 14.6. The molecule has 4 rings (SSSR count). The predicted molar refractivity (Wildman–Crippen MR) is 87.0 cm³/mol. The molecule has 1 atom stereocenters. The summed E-state index contributed by atoms with van der Waals surface area (Å²) in [6.45, 7) is 5.11. The van der Waals surface area contributed by atoms with Gasteiger partial charge in [0.1, 0.15) is 0 Å². The van der Waals surface area contributed by atoms with E-state index in [1.807, 2.05) is 5.48 Å². The number of benzene rings is 1. The Morgan fingerprint density at radius 3 is 2.78 bits per heavy atom. The van der Waals surface area contributed by atoms with Gasteiger partial charge in [0.2, 0.25) is 0 Å². The molecule has 0 aliphatic carbocycles. The van der Waals surface area contributed by atoms with E-state index in [0.717, 1.165) is 32.5 Å². The van der Waals surface area contributed by atoms with Crippen LogP contribution in [0.4, 0.5) is 4.39 Å². The zero-order valence-corrected chi connectivity index (χ0v) is 13.8. The summed E-state index contributed by atoms with van der Waals surface area (Å²) in [5, 5.41) is 9.66. The highest BCUT2D eigenvalue weighted by molar-refractivity contribution is 6.32. The fraction of sp³-hybridized carbons (Fsp3) is 0.562. The van der Waals surface area contributed by atoms with Crippen molar-refractivity contribution >= 4 is 17.4 Å². The van der Waals surface area contributed by atoms with Crippen LogP contribution < -0.4 is 10.2 Å². The number of nitrogens with one attached hydrogen (secondary N) is 1. The third-order valence-electron chi connectivity index (χ3n) is 4.62. The summed E-state index contributed by atoms with van der Waals surface area (Å²) < 4.78 is 19.9. The van der Waals surface area contributed by atoms with Gasteiger partial charge in [0.15, 0.2) is 17.4 Å². The topological polar surface area (TPSA) is 57.1 Å². The lowest BCUT2D eigenvalue weighted by Crippen LogP contribution is -2.50.